The van der Waals surface area contributed by atoms with Gasteiger partial charge in [-0.3, -0.25) is 0 Å². The van der Waals surface area contributed by atoms with Crippen molar-refractivity contribution in [3.8, 4) is 6.07 Å². The standard InChI is InChI=1S/C15H16FN3/c1-2-5-15-14(18)8-12(9-17)19(15)10-11-6-3-4-7-13(11)16/h3-4,6-8H,2,5,10,18H2,1H3. The molecular formula is C15H16FN3. The van der Waals surface area contributed by atoms with E-state index in [1.54, 1.807) is 28.8 Å². The summed E-state index contributed by atoms with van der Waals surface area (Å²) in [5.74, 6) is -0.263. The van der Waals surface area contributed by atoms with Gasteiger partial charge in [-0.1, -0.05) is 31.5 Å². The van der Waals surface area contributed by atoms with Crippen molar-refractivity contribution in [2.45, 2.75) is 26.3 Å². The van der Waals surface area contributed by atoms with E-state index in [0.717, 1.165) is 18.5 Å². The lowest BCUT2D eigenvalue weighted by atomic mass is 10.2. The maximum atomic E-state index is 13.7. The molecule has 0 aliphatic rings. The molecule has 3 nitrogen and oxygen atoms in total. The number of hydrogen-bond donors (Lipinski definition) is 1. The van der Waals surface area contributed by atoms with Crippen molar-refractivity contribution < 1.29 is 4.39 Å². The van der Waals surface area contributed by atoms with Crippen LogP contribution < -0.4 is 5.73 Å². The highest BCUT2D eigenvalue weighted by Crippen LogP contribution is 2.22. The van der Waals surface area contributed by atoms with Crippen molar-refractivity contribution >= 4 is 5.69 Å². The molecule has 1 aromatic heterocycles. The molecule has 0 bridgehead atoms. The zero-order valence-electron chi connectivity index (χ0n) is 10.9. The third kappa shape index (κ3) is 2.60. The number of hydrogen-bond acceptors (Lipinski definition) is 2. The predicted molar refractivity (Wildman–Crippen MR) is 73.1 cm³/mol. The van der Waals surface area contributed by atoms with E-state index in [2.05, 4.69) is 6.07 Å². The van der Waals surface area contributed by atoms with Crippen LogP contribution in [0.25, 0.3) is 0 Å². The van der Waals surface area contributed by atoms with Gasteiger partial charge in [-0.15, -0.1) is 0 Å². The summed E-state index contributed by atoms with van der Waals surface area (Å²) in [6.07, 6.45) is 1.71. The molecule has 1 heterocycles. The number of aromatic nitrogens is 1. The van der Waals surface area contributed by atoms with E-state index in [4.69, 9.17) is 11.0 Å². The molecule has 0 saturated heterocycles. The minimum atomic E-state index is -0.263. The van der Waals surface area contributed by atoms with Crippen LogP contribution in [0.2, 0.25) is 0 Å². The summed E-state index contributed by atoms with van der Waals surface area (Å²) >= 11 is 0. The number of halogens is 1. The Morgan fingerprint density at radius 3 is 2.74 bits per heavy atom. The van der Waals surface area contributed by atoms with Gasteiger partial charge in [-0.25, -0.2) is 4.39 Å². The minimum Gasteiger partial charge on any atom is -0.397 e. The van der Waals surface area contributed by atoms with E-state index in [1.807, 2.05) is 6.92 Å². The van der Waals surface area contributed by atoms with Gasteiger partial charge in [0.1, 0.15) is 17.6 Å². The maximum Gasteiger partial charge on any atom is 0.128 e. The first-order valence-corrected chi connectivity index (χ1v) is 6.28. The zero-order chi connectivity index (χ0) is 13.8. The highest BCUT2D eigenvalue weighted by atomic mass is 19.1. The average molecular weight is 257 g/mol. The first-order chi connectivity index (χ1) is 9.17. The molecule has 0 saturated carbocycles. The second-order valence-corrected chi connectivity index (χ2v) is 4.47. The normalized spacial score (nSPS) is 10.4. The number of nitrogens with zero attached hydrogens (tertiary/aromatic N) is 2. The molecule has 0 radical (unpaired) electrons. The predicted octanol–water partition coefficient (Wildman–Crippen LogP) is 3.08. The number of anilines is 1. The van der Waals surface area contributed by atoms with Gasteiger partial charge in [0.05, 0.1) is 12.2 Å². The maximum absolute atomic E-state index is 13.7. The molecule has 2 N–H and O–H groups in total. The Hall–Kier alpha value is -2.28. The Morgan fingerprint density at radius 1 is 1.37 bits per heavy atom. The fraction of sp³-hybridized carbons (Fsp3) is 0.267. The van der Waals surface area contributed by atoms with Crippen LogP contribution in [0.3, 0.4) is 0 Å². The van der Waals surface area contributed by atoms with Crippen LogP contribution in [-0.2, 0) is 13.0 Å². The largest absolute Gasteiger partial charge is 0.397 e. The van der Waals surface area contributed by atoms with Crippen molar-refractivity contribution in [3.63, 3.8) is 0 Å². The van der Waals surface area contributed by atoms with Gasteiger partial charge in [0.2, 0.25) is 0 Å². The molecule has 98 valence electrons. The summed E-state index contributed by atoms with van der Waals surface area (Å²) in [5.41, 5.74) is 8.48. The Kier molecular flexibility index (Phi) is 3.86. The number of nitrogens with two attached hydrogens (primary N) is 1. The van der Waals surface area contributed by atoms with Crippen molar-refractivity contribution in [2.24, 2.45) is 0 Å². The molecule has 2 aromatic rings. The summed E-state index contributed by atoms with van der Waals surface area (Å²) in [6.45, 7) is 2.38. The number of nitrogen functional groups attached to an aromatic ring is 1. The Bertz CT molecular complexity index is 623. The third-order valence-corrected chi connectivity index (χ3v) is 3.13. The quantitative estimate of drug-likeness (QED) is 0.915. The summed E-state index contributed by atoms with van der Waals surface area (Å²) in [5, 5.41) is 9.15. The lowest BCUT2D eigenvalue weighted by Crippen LogP contribution is -2.09. The molecule has 1 aromatic carbocycles. The molecule has 0 spiro atoms. The van der Waals surface area contributed by atoms with E-state index in [0.29, 0.717) is 23.5 Å². The second-order valence-electron chi connectivity index (χ2n) is 4.47. The fourth-order valence-corrected chi connectivity index (χ4v) is 2.20. The third-order valence-electron chi connectivity index (χ3n) is 3.13. The van der Waals surface area contributed by atoms with Crippen molar-refractivity contribution in [2.75, 3.05) is 5.73 Å². The van der Waals surface area contributed by atoms with E-state index in [9.17, 15) is 4.39 Å². The van der Waals surface area contributed by atoms with E-state index >= 15 is 0 Å². The summed E-state index contributed by atoms with van der Waals surface area (Å²) < 4.78 is 15.5. The van der Waals surface area contributed by atoms with Crippen LogP contribution in [0.1, 0.15) is 30.3 Å². The topological polar surface area (TPSA) is 54.7 Å². The summed E-state index contributed by atoms with van der Waals surface area (Å²) in [7, 11) is 0. The van der Waals surface area contributed by atoms with Crippen molar-refractivity contribution in [1.29, 1.82) is 5.26 Å². The van der Waals surface area contributed by atoms with Gasteiger partial charge in [0.25, 0.3) is 0 Å². The Balaban J connectivity index is 2.44. The van der Waals surface area contributed by atoms with Crippen molar-refractivity contribution in [3.05, 3.63) is 53.1 Å². The van der Waals surface area contributed by atoms with Crippen LogP contribution in [0, 0.1) is 17.1 Å². The van der Waals surface area contributed by atoms with Gasteiger partial charge in [0, 0.05) is 11.3 Å². The number of rotatable bonds is 4. The van der Waals surface area contributed by atoms with Crippen LogP contribution in [0.4, 0.5) is 10.1 Å². The second kappa shape index (κ2) is 5.57. The molecule has 0 fully saturated rings. The van der Waals surface area contributed by atoms with Crippen LogP contribution in [0.5, 0.6) is 0 Å². The van der Waals surface area contributed by atoms with E-state index < -0.39 is 0 Å². The first kappa shape index (κ1) is 13.2. The molecule has 4 heteroatoms. The molecule has 0 atom stereocenters. The molecule has 0 unspecified atom stereocenters. The zero-order valence-corrected chi connectivity index (χ0v) is 10.9. The smallest absolute Gasteiger partial charge is 0.128 e. The first-order valence-electron chi connectivity index (χ1n) is 6.28. The van der Waals surface area contributed by atoms with Crippen LogP contribution >= 0.6 is 0 Å². The lowest BCUT2D eigenvalue weighted by molar-refractivity contribution is 0.594. The van der Waals surface area contributed by atoms with Gasteiger partial charge < -0.3 is 10.3 Å². The molecule has 19 heavy (non-hydrogen) atoms. The molecule has 0 aliphatic carbocycles. The van der Waals surface area contributed by atoms with Crippen molar-refractivity contribution in [1.82, 2.24) is 4.57 Å². The van der Waals surface area contributed by atoms with E-state index in [-0.39, 0.29) is 5.82 Å². The van der Waals surface area contributed by atoms with Gasteiger partial charge >= 0.3 is 0 Å². The number of benzene rings is 1. The van der Waals surface area contributed by atoms with Gasteiger partial charge in [-0.2, -0.15) is 5.26 Å². The van der Waals surface area contributed by atoms with Crippen LogP contribution in [-0.4, -0.2) is 4.57 Å². The van der Waals surface area contributed by atoms with Crippen LogP contribution in [0.15, 0.2) is 30.3 Å². The summed E-state index contributed by atoms with van der Waals surface area (Å²) in [6, 6.07) is 10.4. The lowest BCUT2D eigenvalue weighted by Gasteiger charge is -2.11. The highest BCUT2D eigenvalue weighted by Gasteiger charge is 2.13. The highest BCUT2D eigenvalue weighted by molar-refractivity contribution is 5.51. The Morgan fingerprint density at radius 2 is 2.11 bits per heavy atom. The van der Waals surface area contributed by atoms with E-state index in [1.165, 1.54) is 6.07 Å². The van der Waals surface area contributed by atoms with Gasteiger partial charge in [-0.05, 0) is 18.6 Å². The fourth-order valence-electron chi connectivity index (χ4n) is 2.20. The Labute approximate surface area is 112 Å². The molecule has 2 rings (SSSR count). The molecule has 0 aliphatic heterocycles. The number of nitriles is 1. The molecular weight excluding hydrogens is 241 g/mol. The van der Waals surface area contributed by atoms with Gasteiger partial charge in [0.15, 0.2) is 0 Å². The molecule has 0 amide bonds. The average Bonchev–Trinajstić information content (AvgIpc) is 2.70. The monoisotopic (exact) mass is 257 g/mol. The SMILES string of the molecule is CCCc1c(N)cc(C#N)n1Cc1ccccc1F. The summed E-state index contributed by atoms with van der Waals surface area (Å²) in [4.78, 5) is 0. The minimum absolute atomic E-state index is 0.263.